The van der Waals surface area contributed by atoms with Crippen molar-refractivity contribution in [3.05, 3.63) is 99.3 Å². The molecule has 4 aromatic rings. The number of hydrogen-bond donors (Lipinski definition) is 2. The van der Waals surface area contributed by atoms with E-state index in [-0.39, 0.29) is 23.1 Å². The molecule has 1 aliphatic rings. The SMILES string of the molecule is COC(=O)C1CN(C)S(=O)(=O)c2c(-c3cccc(C(F)(F)F)c3)c(Cc3cccc4ccccc34)c(C(O)CO)c(=O)n21. The van der Waals surface area contributed by atoms with E-state index in [1.165, 1.54) is 13.1 Å². The topological polar surface area (TPSA) is 126 Å². The van der Waals surface area contributed by atoms with Crippen molar-refractivity contribution in [3.63, 3.8) is 0 Å². The van der Waals surface area contributed by atoms with Gasteiger partial charge in [0.15, 0.2) is 5.03 Å². The van der Waals surface area contributed by atoms with Crippen LogP contribution in [0, 0.1) is 0 Å². The van der Waals surface area contributed by atoms with E-state index in [4.69, 9.17) is 4.74 Å². The molecule has 1 aliphatic heterocycles. The highest BCUT2D eigenvalue weighted by atomic mass is 32.2. The van der Waals surface area contributed by atoms with Crippen molar-refractivity contribution in [1.82, 2.24) is 8.87 Å². The van der Waals surface area contributed by atoms with Crippen LogP contribution in [0.2, 0.25) is 0 Å². The van der Waals surface area contributed by atoms with Crippen LogP contribution in [0.1, 0.15) is 34.4 Å². The van der Waals surface area contributed by atoms with Crippen LogP contribution in [0.25, 0.3) is 21.9 Å². The lowest BCUT2D eigenvalue weighted by atomic mass is 9.88. The maximum atomic E-state index is 14.1. The number of esters is 1. The summed E-state index contributed by atoms with van der Waals surface area (Å²) in [4.78, 5) is 27.0. The van der Waals surface area contributed by atoms with Crippen LogP contribution in [0.4, 0.5) is 13.2 Å². The number of methoxy groups -OCH3 is 1. The van der Waals surface area contributed by atoms with Crippen LogP contribution in [-0.2, 0) is 32.2 Å². The van der Waals surface area contributed by atoms with Crippen LogP contribution in [0.15, 0.2) is 76.6 Å². The number of aliphatic hydroxyl groups is 2. The monoisotopic (exact) mass is 616 g/mol. The molecule has 0 fully saturated rings. The molecule has 13 heteroatoms. The number of alkyl halides is 3. The molecule has 1 aromatic heterocycles. The first-order valence-corrected chi connectivity index (χ1v) is 14.5. The molecule has 2 unspecified atom stereocenters. The normalized spacial score (nSPS) is 17.4. The Morgan fingerprint density at radius 3 is 2.44 bits per heavy atom. The molecule has 9 nitrogen and oxygen atoms in total. The van der Waals surface area contributed by atoms with Gasteiger partial charge in [-0.1, -0.05) is 54.6 Å². The second-order valence-electron chi connectivity index (χ2n) is 10.2. The first-order valence-electron chi connectivity index (χ1n) is 13.1. The van der Waals surface area contributed by atoms with Gasteiger partial charge in [-0.2, -0.15) is 17.5 Å². The van der Waals surface area contributed by atoms with Crippen molar-refractivity contribution < 1.29 is 41.3 Å². The number of rotatable bonds is 6. The van der Waals surface area contributed by atoms with Crippen LogP contribution in [-0.4, -0.2) is 60.8 Å². The van der Waals surface area contributed by atoms with Crippen LogP contribution < -0.4 is 5.56 Å². The number of pyridine rings is 1. The second-order valence-corrected chi connectivity index (χ2v) is 12.1. The van der Waals surface area contributed by atoms with Gasteiger partial charge in [0, 0.05) is 19.2 Å². The molecule has 5 rings (SSSR count). The molecule has 0 radical (unpaired) electrons. The van der Waals surface area contributed by atoms with Gasteiger partial charge < -0.3 is 14.9 Å². The summed E-state index contributed by atoms with van der Waals surface area (Å²) in [6.07, 6.45) is -6.86. The molecular weight excluding hydrogens is 589 g/mol. The Labute approximate surface area is 244 Å². The summed E-state index contributed by atoms with van der Waals surface area (Å²) >= 11 is 0. The molecule has 2 heterocycles. The van der Waals surface area contributed by atoms with E-state index in [2.05, 4.69) is 0 Å². The maximum Gasteiger partial charge on any atom is 0.416 e. The van der Waals surface area contributed by atoms with Crippen LogP contribution in [0.3, 0.4) is 0 Å². The van der Waals surface area contributed by atoms with Crippen molar-refractivity contribution >= 4 is 26.8 Å². The van der Waals surface area contributed by atoms with E-state index in [9.17, 15) is 41.4 Å². The number of hydrogen-bond acceptors (Lipinski definition) is 7. The summed E-state index contributed by atoms with van der Waals surface area (Å²) < 4.78 is 75.8. The van der Waals surface area contributed by atoms with Crippen molar-refractivity contribution in [1.29, 1.82) is 0 Å². The van der Waals surface area contributed by atoms with Gasteiger partial charge >= 0.3 is 12.1 Å². The van der Waals surface area contributed by atoms with E-state index in [0.29, 0.717) is 10.1 Å². The Hall–Kier alpha value is -4.04. The first-order chi connectivity index (χ1) is 20.3. The summed E-state index contributed by atoms with van der Waals surface area (Å²) in [7, 11) is -2.37. The van der Waals surface area contributed by atoms with Gasteiger partial charge in [-0.3, -0.25) is 9.36 Å². The highest BCUT2D eigenvalue weighted by Crippen LogP contribution is 2.42. The third-order valence-corrected chi connectivity index (χ3v) is 9.47. The molecular formula is C30H27F3N2O7S. The highest BCUT2D eigenvalue weighted by Gasteiger charge is 2.44. The molecule has 0 spiro atoms. The quantitative estimate of drug-likeness (QED) is 0.317. The summed E-state index contributed by atoms with van der Waals surface area (Å²) in [5.74, 6) is -0.980. The number of fused-ring (bicyclic) bond motifs is 2. The van der Waals surface area contributed by atoms with E-state index in [0.717, 1.165) is 40.4 Å². The molecule has 2 N–H and O–H groups in total. The number of ether oxygens (including phenoxy) is 1. The number of nitrogens with zero attached hydrogens (tertiary/aromatic N) is 2. The Morgan fingerprint density at radius 2 is 1.77 bits per heavy atom. The number of aliphatic hydroxyl groups excluding tert-OH is 2. The third kappa shape index (κ3) is 5.22. The highest BCUT2D eigenvalue weighted by molar-refractivity contribution is 7.89. The van der Waals surface area contributed by atoms with Crippen molar-refractivity contribution in [3.8, 4) is 11.1 Å². The molecule has 0 aliphatic carbocycles. The van der Waals surface area contributed by atoms with E-state index >= 15 is 0 Å². The Balaban J connectivity index is 2.00. The third-order valence-electron chi connectivity index (χ3n) is 7.61. The van der Waals surface area contributed by atoms with E-state index < -0.39 is 69.2 Å². The first kappa shape index (κ1) is 30.4. The zero-order valence-corrected chi connectivity index (χ0v) is 23.8. The number of likely N-dealkylation sites (N-methyl/N-ethyl adjacent to an activating group) is 1. The van der Waals surface area contributed by atoms with Crippen molar-refractivity contribution in [2.75, 3.05) is 27.3 Å². The smallest absolute Gasteiger partial charge is 0.416 e. The minimum atomic E-state index is -4.80. The van der Waals surface area contributed by atoms with Gasteiger partial charge in [-0.25, -0.2) is 13.2 Å². The number of carbonyl (C=O) groups is 1. The molecule has 0 saturated carbocycles. The summed E-state index contributed by atoms with van der Waals surface area (Å²) in [6, 6.07) is 14.9. The second kappa shape index (κ2) is 11.2. The lowest BCUT2D eigenvalue weighted by molar-refractivity contribution is -0.145. The fraction of sp³-hybridized carbons (Fsp3) is 0.267. The fourth-order valence-electron chi connectivity index (χ4n) is 5.56. The zero-order valence-electron chi connectivity index (χ0n) is 23.0. The Bertz CT molecular complexity index is 1900. The number of aromatic nitrogens is 1. The Morgan fingerprint density at radius 1 is 1.09 bits per heavy atom. The average Bonchev–Trinajstić information content (AvgIpc) is 2.98. The molecule has 43 heavy (non-hydrogen) atoms. The van der Waals surface area contributed by atoms with E-state index in [1.54, 1.807) is 24.3 Å². The van der Waals surface area contributed by atoms with Gasteiger partial charge in [0.2, 0.25) is 0 Å². The minimum absolute atomic E-state index is 0.101. The number of carbonyl (C=O) groups excluding carboxylic acids is 1. The van der Waals surface area contributed by atoms with Gasteiger partial charge in [0.05, 0.1) is 24.8 Å². The van der Waals surface area contributed by atoms with Gasteiger partial charge in [0.25, 0.3) is 15.6 Å². The van der Waals surface area contributed by atoms with Gasteiger partial charge in [-0.05, 0) is 46.0 Å². The molecule has 0 bridgehead atoms. The van der Waals surface area contributed by atoms with Crippen LogP contribution >= 0.6 is 0 Å². The predicted octanol–water partition coefficient (Wildman–Crippen LogP) is 3.65. The largest absolute Gasteiger partial charge is 0.467 e. The standard InChI is InChI=1S/C30H27F3N2O7S/c1-34-15-23(29(39)42-2)35-27(38)26(24(37)16-36)22(14-18-9-5-8-17-7-3-4-12-21(17)18)25(28(35)43(34,40)41)19-10-6-11-20(13-19)30(31,32)33/h3-13,23-24,36-37H,14-16H2,1-2H3. The van der Waals surface area contributed by atoms with Crippen molar-refractivity contribution in [2.45, 2.75) is 29.8 Å². The predicted molar refractivity (Wildman–Crippen MR) is 151 cm³/mol. The molecule has 2 atom stereocenters. The van der Waals surface area contributed by atoms with E-state index in [1.807, 2.05) is 18.2 Å². The summed E-state index contributed by atoms with van der Waals surface area (Å²) in [5, 5.41) is 21.8. The molecule has 0 saturated heterocycles. The number of halogens is 3. The molecule has 0 amide bonds. The lowest BCUT2D eigenvalue weighted by Gasteiger charge is -2.35. The molecule has 226 valence electrons. The Kier molecular flexibility index (Phi) is 7.94. The van der Waals surface area contributed by atoms with Gasteiger partial charge in [0.1, 0.15) is 12.1 Å². The lowest BCUT2D eigenvalue weighted by Crippen LogP contribution is -2.49. The minimum Gasteiger partial charge on any atom is -0.467 e. The number of benzene rings is 3. The summed E-state index contributed by atoms with van der Waals surface area (Å²) in [6.45, 7) is -1.48. The number of sulfonamides is 1. The maximum absolute atomic E-state index is 14.1. The van der Waals surface area contributed by atoms with Crippen molar-refractivity contribution in [2.24, 2.45) is 0 Å². The fourth-order valence-corrected chi connectivity index (χ4v) is 7.15. The average molecular weight is 617 g/mol. The van der Waals surface area contributed by atoms with Gasteiger partial charge in [-0.15, -0.1) is 0 Å². The van der Waals surface area contributed by atoms with Crippen LogP contribution in [0.5, 0.6) is 0 Å². The zero-order chi connectivity index (χ0) is 31.3. The summed E-state index contributed by atoms with van der Waals surface area (Å²) in [5.41, 5.74) is -2.66. The molecule has 3 aromatic carbocycles.